The Bertz CT molecular complexity index is 136. The first-order valence-electron chi connectivity index (χ1n) is 5.00. The van der Waals surface area contributed by atoms with Crippen LogP contribution in [0.4, 0.5) is 0 Å². The lowest BCUT2D eigenvalue weighted by atomic mass is 9.77. The second kappa shape index (κ2) is 4.24. The molecule has 72 valence electrons. The predicted molar refractivity (Wildman–Crippen MR) is 51.0 cm³/mol. The van der Waals surface area contributed by atoms with E-state index in [1.165, 1.54) is 6.42 Å². The number of hydrogen-bond acceptors (Lipinski definition) is 2. The average molecular weight is 171 g/mol. The van der Waals surface area contributed by atoms with Gasteiger partial charge in [0.25, 0.3) is 0 Å². The lowest BCUT2D eigenvalue weighted by molar-refractivity contribution is 0.0718. The Morgan fingerprint density at radius 3 is 2.50 bits per heavy atom. The number of aliphatic hydroxyl groups excluding tert-OH is 1. The van der Waals surface area contributed by atoms with Crippen LogP contribution in [0.25, 0.3) is 0 Å². The zero-order valence-corrected chi connectivity index (χ0v) is 8.38. The fraction of sp³-hybridized carbons (Fsp3) is 1.00. The van der Waals surface area contributed by atoms with E-state index in [1.54, 1.807) is 0 Å². The lowest BCUT2D eigenvalue weighted by Gasteiger charge is -2.36. The van der Waals surface area contributed by atoms with Gasteiger partial charge in [0.15, 0.2) is 0 Å². The van der Waals surface area contributed by atoms with E-state index in [-0.39, 0.29) is 6.10 Å². The molecule has 0 aromatic carbocycles. The Kier molecular flexibility index (Phi) is 3.53. The Labute approximate surface area is 75.4 Å². The minimum Gasteiger partial charge on any atom is -0.393 e. The number of rotatable bonds is 2. The quantitative estimate of drug-likeness (QED) is 0.658. The second-order valence-corrected chi connectivity index (χ2v) is 4.27. The van der Waals surface area contributed by atoms with Gasteiger partial charge in [0, 0.05) is 6.04 Å². The van der Waals surface area contributed by atoms with E-state index in [0.29, 0.717) is 6.04 Å². The topological polar surface area (TPSA) is 32.3 Å². The molecule has 0 saturated heterocycles. The molecule has 0 aliphatic heterocycles. The van der Waals surface area contributed by atoms with Crippen molar-refractivity contribution in [3.05, 3.63) is 0 Å². The van der Waals surface area contributed by atoms with Crippen LogP contribution in [0.15, 0.2) is 0 Å². The molecule has 2 nitrogen and oxygen atoms in total. The molecule has 0 radical (unpaired) electrons. The van der Waals surface area contributed by atoms with Gasteiger partial charge in [-0.05, 0) is 38.1 Å². The van der Waals surface area contributed by atoms with E-state index in [2.05, 4.69) is 19.2 Å². The monoisotopic (exact) mass is 171 g/mol. The highest BCUT2D eigenvalue weighted by Crippen LogP contribution is 2.30. The molecule has 1 saturated carbocycles. The summed E-state index contributed by atoms with van der Waals surface area (Å²) in [6.45, 7) is 4.54. The Balaban J connectivity index is 2.50. The summed E-state index contributed by atoms with van der Waals surface area (Å²) < 4.78 is 0. The molecular weight excluding hydrogens is 150 g/mol. The van der Waals surface area contributed by atoms with Gasteiger partial charge in [-0.25, -0.2) is 0 Å². The summed E-state index contributed by atoms with van der Waals surface area (Å²) in [4.78, 5) is 0. The highest BCUT2D eigenvalue weighted by atomic mass is 16.3. The molecular formula is C10H21NO. The molecule has 0 heterocycles. The molecule has 0 aromatic heterocycles. The van der Waals surface area contributed by atoms with Gasteiger partial charge in [0.2, 0.25) is 0 Å². The molecule has 1 rings (SSSR count). The summed E-state index contributed by atoms with van der Waals surface area (Å²) in [7, 11) is 2.00. The maximum Gasteiger partial charge on any atom is 0.0555 e. The van der Waals surface area contributed by atoms with Crippen molar-refractivity contribution in [2.24, 2.45) is 11.8 Å². The summed E-state index contributed by atoms with van der Waals surface area (Å²) in [6.07, 6.45) is 3.02. The Morgan fingerprint density at radius 2 is 2.00 bits per heavy atom. The predicted octanol–water partition coefficient (Wildman–Crippen LogP) is 1.39. The molecule has 3 unspecified atom stereocenters. The van der Waals surface area contributed by atoms with E-state index >= 15 is 0 Å². The van der Waals surface area contributed by atoms with Gasteiger partial charge in [0.1, 0.15) is 0 Å². The van der Waals surface area contributed by atoms with E-state index in [9.17, 15) is 5.11 Å². The molecule has 12 heavy (non-hydrogen) atoms. The summed E-state index contributed by atoms with van der Waals surface area (Å²) in [5, 5.41) is 12.8. The summed E-state index contributed by atoms with van der Waals surface area (Å²) >= 11 is 0. The van der Waals surface area contributed by atoms with Crippen LogP contribution in [0, 0.1) is 11.8 Å². The average Bonchev–Trinajstić information content (AvgIpc) is 2.03. The van der Waals surface area contributed by atoms with Gasteiger partial charge in [-0.15, -0.1) is 0 Å². The largest absolute Gasteiger partial charge is 0.393 e. The van der Waals surface area contributed by atoms with Crippen LogP contribution < -0.4 is 5.32 Å². The van der Waals surface area contributed by atoms with Gasteiger partial charge >= 0.3 is 0 Å². The zero-order valence-electron chi connectivity index (χ0n) is 8.38. The third-order valence-corrected chi connectivity index (χ3v) is 3.10. The summed E-state index contributed by atoms with van der Waals surface area (Å²) in [5.41, 5.74) is 0. The molecule has 3 atom stereocenters. The van der Waals surface area contributed by atoms with E-state index < -0.39 is 0 Å². The highest BCUT2D eigenvalue weighted by molar-refractivity contribution is 4.85. The van der Waals surface area contributed by atoms with Crippen LogP contribution in [-0.2, 0) is 0 Å². The van der Waals surface area contributed by atoms with E-state index in [0.717, 1.165) is 24.7 Å². The lowest BCUT2D eigenvalue weighted by Crippen LogP contribution is -2.42. The molecule has 1 fully saturated rings. The van der Waals surface area contributed by atoms with Gasteiger partial charge in [-0.2, -0.15) is 0 Å². The SMILES string of the molecule is CNC1CC(O)CCC1C(C)C. The van der Waals surface area contributed by atoms with Crippen molar-refractivity contribution in [1.29, 1.82) is 0 Å². The van der Waals surface area contributed by atoms with Crippen LogP contribution in [0.5, 0.6) is 0 Å². The van der Waals surface area contributed by atoms with Crippen LogP contribution in [-0.4, -0.2) is 24.3 Å². The van der Waals surface area contributed by atoms with Crippen LogP contribution >= 0.6 is 0 Å². The standard InChI is InChI=1S/C10H21NO/c1-7(2)9-5-4-8(12)6-10(9)11-3/h7-12H,4-6H2,1-3H3. The van der Waals surface area contributed by atoms with Gasteiger partial charge in [-0.3, -0.25) is 0 Å². The van der Waals surface area contributed by atoms with Crippen molar-refractivity contribution in [3.8, 4) is 0 Å². The first kappa shape index (κ1) is 10.0. The van der Waals surface area contributed by atoms with E-state index in [4.69, 9.17) is 0 Å². The van der Waals surface area contributed by atoms with Crippen molar-refractivity contribution >= 4 is 0 Å². The van der Waals surface area contributed by atoms with Gasteiger partial charge in [0.05, 0.1) is 6.10 Å². The third kappa shape index (κ3) is 2.20. The smallest absolute Gasteiger partial charge is 0.0555 e. The van der Waals surface area contributed by atoms with Crippen molar-refractivity contribution in [1.82, 2.24) is 5.32 Å². The number of hydrogen-bond donors (Lipinski definition) is 2. The summed E-state index contributed by atoms with van der Waals surface area (Å²) in [5.74, 6) is 1.48. The van der Waals surface area contributed by atoms with Crippen molar-refractivity contribution in [2.45, 2.75) is 45.3 Å². The van der Waals surface area contributed by atoms with Gasteiger partial charge < -0.3 is 10.4 Å². The number of aliphatic hydroxyl groups is 1. The summed E-state index contributed by atoms with van der Waals surface area (Å²) in [6, 6.07) is 0.522. The minimum atomic E-state index is -0.0718. The van der Waals surface area contributed by atoms with Crippen molar-refractivity contribution < 1.29 is 5.11 Å². The molecule has 1 aliphatic rings. The third-order valence-electron chi connectivity index (χ3n) is 3.10. The van der Waals surface area contributed by atoms with Crippen molar-refractivity contribution in [3.63, 3.8) is 0 Å². The second-order valence-electron chi connectivity index (χ2n) is 4.27. The van der Waals surface area contributed by atoms with Gasteiger partial charge in [-0.1, -0.05) is 13.8 Å². The molecule has 1 aliphatic carbocycles. The fourth-order valence-electron chi connectivity index (χ4n) is 2.30. The number of nitrogens with one attached hydrogen (secondary N) is 1. The first-order chi connectivity index (χ1) is 5.65. The molecule has 2 N–H and O–H groups in total. The Morgan fingerprint density at radius 1 is 1.33 bits per heavy atom. The maximum absolute atomic E-state index is 9.47. The molecule has 0 spiro atoms. The van der Waals surface area contributed by atoms with Crippen LogP contribution in [0.1, 0.15) is 33.1 Å². The fourth-order valence-corrected chi connectivity index (χ4v) is 2.30. The Hall–Kier alpha value is -0.0800. The molecule has 0 bridgehead atoms. The zero-order chi connectivity index (χ0) is 9.14. The molecule has 0 amide bonds. The van der Waals surface area contributed by atoms with E-state index in [1.807, 2.05) is 7.05 Å². The maximum atomic E-state index is 9.47. The van der Waals surface area contributed by atoms with Crippen LogP contribution in [0.3, 0.4) is 0 Å². The molecule has 0 aromatic rings. The van der Waals surface area contributed by atoms with Crippen molar-refractivity contribution in [2.75, 3.05) is 7.05 Å². The van der Waals surface area contributed by atoms with Crippen LogP contribution in [0.2, 0.25) is 0 Å². The highest BCUT2D eigenvalue weighted by Gasteiger charge is 2.30. The molecule has 2 heteroatoms. The minimum absolute atomic E-state index is 0.0718. The first-order valence-corrected chi connectivity index (χ1v) is 5.00. The normalized spacial score (nSPS) is 37.2.